The number of hydrogen-bond acceptors (Lipinski definition) is 4. The zero-order valence-electron chi connectivity index (χ0n) is 12.5. The molecule has 0 aliphatic heterocycles. The molecule has 5 heteroatoms. The molecule has 0 spiro atoms. The molecule has 1 N–H and O–H groups in total. The van der Waals surface area contributed by atoms with E-state index in [0.29, 0.717) is 0 Å². The number of alkyl halides is 1. The topological polar surface area (TPSA) is 55.8 Å². The summed E-state index contributed by atoms with van der Waals surface area (Å²) < 4.78 is 24.3. The van der Waals surface area contributed by atoms with Gasteiger partial charge in [-0.1, -0.05) is 24.8 Å². The van der Waals surface area contributed by atoms with E-state index in [-0.39, 0.29) is 31.0 Å². The minimum Gasteiger partial charge on any atom is -0.507 e. The minimum atomic E-state index is -2.19. The number of ether oxygens (including phenoxy) is 2. The van der Waals surface area contributed by atoms with Crippen LogP contribution in [-0.4, -0.2) is 30.3 Å². The molecule has 1 unspecified atom stereocenters. The molecule has 1 aromatic rings. The van der Waals surface area contributed by atoms with Crippen molar-refractivity contribution in [2.45, 2.75) is 25.4 Å². The van der Waals surface area contributed by atoms with E-state index < -0.39 is 5.67 Å². The number of carbonyl (C=O) groups excluding carboxylic acids is 1. The number of allylic oxidation sites excluding steroid dienone is 1. The summed E-state index contributed by atoms with van der Waals surface area (Å²) in [6.45, 7) is 4.79. The van der Waals surface area contributed by atoms with E-state index in [9.17, 15) is 14.3 Å². The summed E-state index contributed by atoms with van der Waals surface area (Å²) in [7, 11) is 0. The number of aldehydes is 1. The number of phenols is 1. The largest absolute Gasteiger partial charge is 0.507 e. The van der Waals surface area contributed by atoms with Crippen molar-refractivity contribution < 1.29 is 23.8 Å². The summed E-state index contributed by atoms with van der Waals surface area (Å²) in [6.07, 6.45) is 3.63. The molecule has 0 aromatic heterocycles. The highest BCUT2D eigenvalue weighted by atomic mass is 19.1. The van der Waals surface area contributed by atoms with E-state index in [1.165, 1.54) is 0 Å². The van der Waals surface area contributed by atoms with Crippen LogP contribution in [0.3, 0.4) is 0 Å². The first-order valence-corrected chi connectivity index (χ1v) is 7.07. The van der Waals surface area contributed by atoms with Crippen LogP contribution < -0.4 is 10.4 Å². The van der Waals surface area contributed by atoms with Crippen molar-refractivity contribution in [3.05, 3.63) is 41.0 Å². The summed E-state index contributed by atoms with van der Waals surface area (Å²) in [5.74, 6) is 0.759. The Hall–Kier alpha value is -2.30. The molecule has 0 bridgehead atoms. The second-order valence-corrected chi connectivity index (χ2v) is 5.22. The Bertz CT molecular complexity index is 691. The number of phenolic OH excluding ortho intramolecular Hbond substituents is 1. The predicted molar refractivity (Wildman–Crippen MR) is 81.1 cm³/mol. The van der Waals surface area contributed by atoms with Gasteiger partial charge >= 0.3 is 0 Å². The molecule has 22 heavy (non-hydrogen) atoms. The first-order chi connectivity index (χ1) is 10.5. The van der Waals surface area contributed by atoms with Crippen molar-refractivity contribution in [2.75, 3.05) is 13.2 Å². The second-order valence-electron chi connectivity index (χ2n) is 5.22. The lowest BCUT2D eigenvalue weighted by molar-refractivity contribution is -0.117. The fraction of sp³-hybridized carbons (Fsp3) is 0.353. The summed E-state index contributed by atoms with van der Waals surface area (Å²) in [6, 6.07) is 5.27. The third-order valence-electron chi connectivity index (χ3n) is 3.51. The average molecular weight is 306 g/mol. The van der Waals surface area contributed by atoms with E-state index in [1.807, 2.05) is 12.1 Å². The molecule has 1 aliphatic rings. The van der Waals surface area contributed by atoms with Gasteiger partial charge in [-0.15, -0.1) is 0 Å². The molecule has 0 saturated carbocycles. The van der Waals surface area contributed by atoms with E-state index in [0.717, 1.165) is 36.0 Å². The van der Waals surface area contributed by atoms with Crippen molar-refractivity contribution in [3.63, 3.8) is 0 Å². The monoisotopic (exact) mass is 306 g/mol. The third-order valence-corrected chi connectivity index (χ3v) is 3.51. The van der Waals surface area contributed by atoms with Crippen LogP contribution in [0.5, 0.6) is 5.75 Å². The summed E-state index contributed by atoms with van der Waals surface area (Å²) in [4.78, 5) is 10.5. The molecule has 0 fully saturated rings. The summed E-state index contributed by atoms with van der Waals surface area (Å²) >= 11 is 0. The third kappa shape index (κ3) is 3.47. The first-order valence-electron chi connectivity index (χ1n) is 7.07. The highest BCUT2D eigenvalue weighted by Gasteiger charge is 2.28. The SMILES string of the molecule is C=C(OCCOC1=c2cccc(O)c2=CCC1)C(C)(F)C=O. The van der Waals surface area contributed by atoms with Gasteiger partial charge in [-0.2, -0.15) is 0 Å². The van der Waals surface area contributed by atoms with Gasteiger partial charge in [0.1, 0.15) is 30.5 Å². The quantitative estimate of drug-likeness (QED) is 0.472. The smallest absolute Gasteiger partial charge is 0.218 e. The molecule has 0 heterocycles. The van der Waals surface area contributed by atoms with E-state index in [1.54, 1.807) is 12.1 Å². The highest BCUT2D eigenvalue weighted by molar-refractivity contribution is 5.66. The Morgan fingerprint density at radius 3 is 3.00 bits per heavy atom. The average Bonchev–Trinajstić information content (AvgIpc) is 2.52. The Balaban J connectivity index is 1.98. The molecule has 0 amide bonds. The van der Waals surface area contributed by atoms with Crippen LogP contribution in [0, 0.1) is 0 Å². The number of halogens is 1. The number of benzene rings is 1. The molecule has 118 valence electrons. The van der Waals surface area contributed by atoms with Crippen molar-refractivity contribution in [1.29, 1.82) is 0 Å². The molecule has 0 radical (unpaired) electrons. The zero-order valence-corrected chi connectivity index (χ0v) is 12.5. The van der Waals surface area contributed by atoms with Crippen molar-refractivity contribution >= 4 is 18.1 Å². The Labute approximate surface area is 128 Å². The number of aromatic hydroxyl groups is 1. The number of hydrogen-bond donors (Lipinski definition) is 1. The molecule has 1 aromatic carbocycles. The molecule has 4 nitrogen and oxygen atoms in total. The van der Waals surface area contributed by atoms with Gasteiger partial charge in [0.25, 0.3) is 0 Å². The normalized spacial score (nSPS) is 16.0. The first kappa shape index (κ1) is 16.1. The molecular weight excluding hydrogens is 287 g/mol. The fourth-order valence-corrected chi connectivity index (χ4v) is 2.18. The Morgan fingerprint density at radius 2 is 2.27 bits per heavy atom. The number of fused-ring (bicyclic) bond motifs is 1. The van der Waals surface area contributed by atoms with Gasteiger partial charge in [0.05, 0.1) is 0 Å². The van der Waals surface area contributed by atoms with Crippen LogP contribution >= 0.6 is 0 Å². The summed E-state index contributed by atoms with van der Waals surface area (Å²) in [5.41, 5.74) is -2.19. The van der Waals surface area contributed by atoms with E-state index >= 15 is 0 Å². The Morgan fingerprint density at radius 1 is 1.50 bits per heavy atom. The minimum absolute atomic E-state index is 0.0908. The maximum Gasteiger partial charge on any atom is 0.218 e. The van der Waals surface area contributed by atoms with Gasteiger partial charge in [0, 0.05) is 16.9 Å². The molecule has 1 aliphatic carbocycles. The second kappa shape index (κ2) is 6.64. The zero-order chi connectivity index (χ0) is 16.2. The van der Waals surface area contributed by atoms with Crippen molar-refractivity contribution in [3.8, 4) is 5.75 Å². The van der Waals surface area contributed by atoms with Gasteiger partial charge in [-0.05, 0) is 19.4 Å². The van der Waals surface area contributed by atoms with E-state index in [4.69, 9.17) is 9.47 Å². The number of carbonyl (C=O) groups is 1. The lowest BCUT2D eigenvalue weighted by Gasteiger charge is -2.18. The lowest BCUT2D eigenvalue weighted by atomic mass is 10.1. The van der Waals surface area contributed by atoms with Gasteiger partial charge in [-0.25, -0.2) is 4.39 Å². The van der Waals surface area contributed by atoms with Crippen LogP contribution in [0.2, 0.25) is 0 Å². The number of rotatable bonds is 7. The van der Waals surface area contributed by atoms with Crippen LogP contribution in [0.1, 0.15) is 19.8 Å². The van der Waals surface area contributed by atoms with E-state index in [2.05, 4.69) is 6.58 Å². The van der Waals surface area contributed by atoms with Crippen LogP contribution in [0.25, 0.3) is 11.8 Å². The van der Waals surface area contributed by atoms with Crippen LogP contribution in [0.4, 0.5) is 4.39 Å². The lowest BCUT2D eigenvalue weighted by Crippen LogP contribution is -2.31. The predicted octanol–water partition coefficient (Wildman–Crippen LogP) is 1.55. The molecule has 0 saturated heterocycles. The highest BCUT2D eigenvalue weighted by Crippen LogP contribution is 2.18. The van der Waals surface area contributed by atoms with Gasteiger partial charge < -0.3 is 14.6 Å². The fourth-order valence-electron chi connectivity index (χ4n) is 2.18. The maximum absolute atomic E-state index is 13.6. The van der Waals surface area contributed by atoms with Gasteiger partial charge in [0.2, 0.25) is 5.67 Å². The van der Waals surface area contributed by atoms with Crippen LogP contribution in [0.15, 0.2) is 30.5 Å². The maximum atomic E-state index is 13.6. The summed E-state index contributed by atoms with van der Waals surface area (Å²) in [5, 5.41) is 11.4. The molecular formula is C17H19FO4. The molecule has 2 rings (SSSR count). The van der Waals surface area contributed by atoms with Crippen molar-refractivity contribution in [1.82, 2.24) is 0 Å². The van der Waals surface area contributed by atoms with Gasteiger partial charge in [-0.3, -0.25) is 4.79 Å². The van der Waals surface area contributed by atoms with Gasteiger partial charge in [0.15, 0.2) is 6.29 Å². The molecule has 1 atom stereocenters. The van der Waals surface area contributed by atoms with Crippen molar-refractivity contribution in [2.24, 2.45) is 0 Å². The standard InChI is InChI=1S/C17H19FO4/c1-12(17(2,18)11-19)21-9-10-22-16-8-4-5-13-14(16)6-3-7-15(13)20/h3,5-7,11,20H,1,4,8-10H2,2H3. The van der Waals surface area contributed by atoms with Crippen LogP contribution in [-0.2, 0) is 14.3 Å². The Kier molecular flexibility index (Phi) is 4.85.